The predicted octanol–water partition coefficient (Wildman–Crippen LogP) is 2.11. The molecule has 0 saturated heterocycles. The van der Waals surface area contributed by atoms with E-state index in [2.05, 4.69) is 15.5 Å². The Morgan fingerprint density at radius 2 is 2.21 bits per heavy atom. The summed E-state index contributed by atoms with van der Waals surface area (Å²) in [6.45, 7) is 5.54. The molecule has 0 radical (unpaired) electrons. The van der Waals surface area contributed by atoms with Gasteiger partial charge in [0.25, 0.3) is 0 Å². The molecule has 19 heavy (non-hydrogen) atoms. The zero-order chi connectivity index (χ0) is 14.2. The van der Waals surface area contributed by atoms with Crippen molar-refractivity contribution in [2.24, 2.45) is 7.05 Å². The third kappa shape index (κ3) is 2.28. The predicted molar refractivity (Wildman–Crippen MR) is 67.9 cm³/mol. The molecule has 102 valence electrons. The SMILES string of the molecule is Cc1noc(C)c1C(C)Nc1c([N+](=O)[O-])ncn1C. The molecule has 2 rings (SSSR count). The van der Waals surface area contributed by atoms with E-state index in [1.807, 2.05) is 20.8 Å². The Kier molecular flexibility index (Phi) is 3.24. The van der Waals surface area contributed by atoms with Gasteiger partial charge in [0.05, 0.1) is 11.7 Å². The summed E-state index contributed by atoms with van der Waals surface area (Å²) in [6.07, 6.45) is 1.40. The van der Waals surface area contributed by atoms with Gasteiger partial charge in [-0.2, -0.15) is 0 Å². The third-order valence-corrected chi connectivity index (χ3v) is 2.97. The first kappa shape index (κ1) is 13.1. The van der Waals surface area contributed by atoms with Crippen LogP contribution in [0.5, 0.6) is 0 Å². The van der Waals surface area contributed by atoms with E-state index in [0.717, 1.165) is 11.3 Å². The summed E-state index contributed by atoms with van der Waals surface area (Å²) < 4.78 is 6.67. The van der Waals surface area contributed by atoms with Gasteiger partial charge in [0.1, 0.15) is 5.76 Å². The maximum atomic E-state index is 10.9. The molecule has 0 spiro atoms. The normalized spacial score (nSPS) is 12.4. The Hall–Kier alpha value is -2.38. The first-order chi connectivity index (χ1) is 8.91. The first-order valence-electron chi connectivity index (χ1n) is 5.76. The molecule has 0 aromatic carbocycles. The van der Waals surface area contributed by atoms with Crippen molar-refractivity contribution >= 4 is 11.6 Å². The molecule has 0 bridgehead atoms. The molecule has 8 nitrogen and oxygen atoms in total. The number of nitrogens with zero attached hydrogens (tertiary/aromatic N) is 4. The van der Waals surface area contributed by atoms with E-state index in [0.29, 0.717) is 11.6 Å². The number of nitro groups is 1. The van der Waals surface area contributed by atoms with Crippen molar-refractivity contribution in [1.82, 2.24) is 14.7 Å². The van der Waals surface area contributed by atoms with E-state index in [9.17, 15) is 10.1 Å². The zero-order valence-electron chi connectivity index (χ0n) is 11.2. The second-order valence-electron chi connectivity index (χ2n) is 4.39. The molecule has 8 heteroatoms. The summed E-state index contributed by atoms with van der Waals surface area (Å²) in [6, 6.07) is -0.166. The van der Waals surface area contributed by atoms with Crippen LogP contribution in [0.15, 0.2) is 10.9 Å². The fourth-order valence-electron chi connectivity index (χ4n) is 2.10. The van der Waals surface area contributed by atoms with E-state index < -0.39 is 4.92 Å². The number of anilines is 1. The van der Waals surface area contributed by atoms with Gasteiger partial charge in [0, 0.05) is 12.6 Å². The van der Waals surface area contributed by atoms with Gasteiger partial charge in [-0.05, 0) is 30.7 Å². The Bertz CT molecular complexity index is 596. The van der Waals surface area contributed by atoms with Crippen LogP contribution in [0.1, 0.15) is 30.0 Å². The van der Waals surface area contributed by atoms with Crippen LogP contribution in [0.25, 0.3) is 0 Å². The van der Waals surface area contributed by atoms with E-state index in [4.69, 9.17) is 4.52 Å². The largest absolute Gasteiger partial charge is 0.406 e. The molecular weight excluding hydrogens is 250 g/mol. The minimum atomic E-state index is -0.512. The average molecular weight is 265 g/mol. The van der Waals surface area contributed by atoms with Crippen LogP contribution >= 0.6 is 0 Å². The van der Waals surface area contributed by atoms with E-state index in [1.165, 1.54) is 6.33 Å². The average Bonchev–Trinajstić information content (AvgIpc) is 2.84. The highest BCUT2D eigenvalue weighted by Crippen LogP contribution is 2.28. The standard InChI is InChI=1S/C11H15N5O3/c1-6(9-7(2)14-19-8(9)3)13-11-10(16(17)18)12-5-15(11)4/h5-6,13H,1-4H3. The number of rotatable bonds is 4. The molecule has 0 amide bonds. The van der Waals surface area contributed by atoms with Gasteiger partial charge in [-0.15, -0.1) is 0 Å². The van der Waals surface area contributed by atoms with Gasteiger partial charge in [-0.1, -0.05) is 5.16 Å². The maximum absolute atomic E-state index is 10.9. The Morgan fingerprint density at radius 1 is 1.53 bits per heavy atom. The summed E-state index contributed by atoms with van der Waals surface area (Å²) in [5, 5.41) is 17.9. The second-order valence-corrected chi connectivity index (χ2v) is 4.39. The highest BCUT2D eigenvalue weighted by Gasteiger charge is 2.24. The Labute approximate surface area is 109 Å². The van der Waals surface area contributed by atoms with Crippen molar-refractivity contribution in [3.8, 4) is 0 Å². The summed E-state index contributed by atoms with van der Waals surface area (Å²) in [7, 11) is 1.70. The lowest BCUT2D eigenvalue weighted by atomic mass is 10.1. The van der Waals surface area contributed by atoms with Crippen LogP contribution in [0, 0.1) is 24.0 Å². The minimum absolute atomic E-state index is 0.166. The first-order valence-corrected chi connectivity index (χ1v) is 5.76. The molecular formula is C11H15N5O3. The van der Waals surface area contributed by atoms with Crippen molar-refractivity contribution in [2.45, 2.75) is 26.8 Å². The van der Waals surface area contributed by atoms with Gasteiger partial charge < -0.3 is 20.0 Å². The Morgan fingerprint density at radius 3 is 2.74 bits per heavy atom. The number of aryl methyl sites for hydroxylation is 3. The molecule has 0 aliphatic heterocycles. The summed E-state index contributed by atoms with van der Waals surface area (Å²) in [5.74, 6) is 0.862. The molecule has 1 atom stereocenters. The highest BCUT2D eigenvalue weighted by molar-refractivity contribution is 5.53. The molecule has 0 fully saturated rings. The van der Waals surface area contributed by atoms with Gasteiger partial charge >= 0.3 is 5.82 Å². The van der Waals surface area contributed by atoms with Gasteiger partial charge in [-0.3, -0.25) is 4.57 Å². The third-order valence-electron chi connectivity index (χ3n) is 2.97. The van der Waals surface area contributed by atoms with Crippen LogP contribution in [-0.4, -0.2) is 19.6 Å². The van der Waals surface area contributed by atoms with Crippen molar-refractivity contribution in [1.29, 1.82) is 0 Å². The van der Waals surface area contributed by atoms with Crippen molar-refractivity contribution in [3.05, 3.63) is 33.5 Å². The van der Waals surface area contributed by atoms with Crippen LogP contribution in [0.3, 0.4) is 0 Å². The number of aromatic nitrogens is 3. The van der Waals surface area contributed by atoms with Crippen molar-refractivity contribution in [3.63, 3.8) is 0 Å². The zero-order valence-corrected chi connectivity index (χ0v) is 11.2. The van der Waals surface area contributed by atoms with Crippen LogP contribution < -0.4 is 5.32 Å². The lowest BCUT2D eigenvalue weighted by Gasteiger charge is -2.14. The fraction of sp³-hybridized carbons (Fsp3) is 0.455. The lowest BCUT2D eigenvalue weighted by Crippen LogP contribution is -2.12. The highest BCUT2D eigenvalue weighted by atomic mass is 16.6. The second kappa shape index (κ2) is 4.71. The van der Waals surface area contributed by atoms with Crippen LogP contribution in [0.4, 0.5) is 11.6 Å². The van der Waals surface area contributed by atoms with Gasteiger partial charge in [0.15, 0.2) is 0 Å². The smallest absolute Gasteiger partial charge is 0.361 e. The molecule has 1 unspecified atom stereocenters. The minimum Gasteiger partial charge on any atom is -0.361 e. The number of imidazole rings is 1. The molecule has 2 aromatic rings. The quantitative estimate of drug-likeness (QED) is 0.671. The number of hydrogen-bond donors (Lipinski definition) is 1. The maximum Gasteiger partial charge on any atom is 0.406 e. The monoisotopic (exact) mass is 265 g/mol. The van der Waals surface area contributed by atoms with Gasteiger partial charge in [-0.25, -0.2) is 0 Å². The fourth-order valence-corrected chi connectivity index (χ4v) is 2.10. The topological polar surface area (TPSA) is 99.0 Å². The van der Waals surface area contributed by atoms with Crippen molar-refractivity contribution < 1.29 is 9.45 Å². The lowest BCUT2D eigenvalue weighted by molar-refractivity contribution is -0.388. The molecule has 2 heterocycles. The summed E-state index contributed by atoms with van der Waals surface area (Å²) in [4.78, 5) is 14.1. The number of nitrogens with one attached hydrogen (secondary N) is 1. The molecule has 2 aromatic heterocycles. The van der Waals surface area contributed by atoms with Crippen LogP contribution in [0.2, 0.25) is 0 Å². The van der Waals surface area contributed by atoms with E-state index >= 15 is 0 Å². The van der Waals surface area contributed by atoms with E-state index in [-0.39, 0.29) is 11.9 Å². The molecule has 1 N–H and O–H groups in total. The summed E-state index contributed by atoms with van der Waals surface area (Å²) in [5.41, 5.74) is 1.66. The van der Waals surface area contributed by atoms with E-state index in [1.54, 1.807) is 11.6 Å². The Balaban J connectivity index is 2.32. The van der Waals surface area contributed by atoms with Gasteiger partial charge in [0.2, 0.25) is 12.1 Å². The molecule has 0 aliphatic rings. The summed E-state index contributed by atoms with van der Waals surface area (Å²) >= 11 is 0. The molecule has 0 aliphatic carbocycles. The van der Waals surface area contributed by atoms with Crippen molar-refractivity contribution in [2.75, 3.05) is 5.32 Å². The van der Waals surface area contributed by atoms with Crippen LogP contribution in [-0.2, 0) is 7.05 Å². The molecule has 0 saturated carbocycles. The number of hydrogen-bond acceptors (Lipinski definition) is 6.